The average molecular weight is 296 g/mol. The van der Waals surface area contributed by atoms with Crippen LogP contribution in [0.2, 0.25) is 0 Å². The number of methoxy groups -OCH3 is 1. The Hall–Kier alpha value is -1.79. The van der Waals surface area contributed by atoms with Crippen LogP contribution in [0.1, 0.15) is 54.4 Å². The SMILES string of the molecule is COC1CCC2(CC1)Oc1ccc(C#CC3CC3)cc1C2=O. The van der Waals surface area contributed by atoms with Crippen LogP contribution in [0.4, 0.5) is 0 Å². The van der Waals surface area contributed by atoms with Crippen LogP contribution in [0.15, 0.2) is 18.2 Å². The minimum Gasteiger partial charge on any atom is -0.478 e. The second kappa shape index (κ2) is 5.14. The van der Waals surface area contributed by atoms with Crippen molar-refractivity contribution in [2.75, 3.05) is 7.11 Å². The summed E-state index contributed by atoms with van der Waals surface area (Å²) in [5, 5.41) is 0. The summed E-state index contributed by atoms with van der Waals surface area (Å²) in [4.78, 5) is 12.9. The van der Waals surface area contributed by atoms with Crippen LogP contribution in [-0.2, 0) is 4.74 Å². The average Bonchev–Trinajstić information content (AvgIpc) is 3.34. The van der Waals surface area contributed by atoms with Gasteiger partial charge in [-0.2, -0.15) is 0 Å². The highest BCUT2D eigenvalue weighted by molar-refractivity contribution is 6.07. The Morgan fingerprint density at radius 2 is 2.00 bits per heavy atom. The monoisotopic (exact) mass is 296 g/mol. The van der Waals surface area contributed by atoms with E-state index < -0.39 is 5.60 Å². The molecule has 4 rings (SSSR count). The molecule has 0 atom stereocenters. The molecule has 3 heteroatoms. The topological polar surface area (TPSA) is 35.5 Å². The first kappa shape index (κ1) is 13.8. The van der Waals surface area contributed by atoms with Crippen molar-refractivity contribution in [1.82, 2.24) is 0 Å². The van der Waals surface area contributed by atoms with Crippen molar-refractivity contribution in [1.29, 1.82) is 0 Å². The Morgan fingerprint density at radius 1 is 1.23 bits per heavy atom. The normalized spacial score (nSPS) is 29.7. The van der Waals surface area contributed by atoms with Crippen molar-refractivity contribution in [3.63, 3.8) is 0 Å². The Morgan fingerprint density at radius 3 is 2.68 bits per heavy atom. The molecule has 0 amide bonds. The summed E-state index contributed by atoms with van der Waals surface area (Å²) in [7, 11) is 1.74. The number of hydrogen-bond acceptors (Lipinski definition) is 3. The van der Waals surface area contributed by atoms with Gasteiger partial charge in [0.05, 0.1) is 11.7 Å². The third kappa shape index (κ3) is 2.32. The van der Waals surface area contributed by atoms with Gasteiger partial charge in [0.25, 0.3) is 0 Å². The zero-order valence-electron chi connectivity index (χ0n) is 12.9. The standard InChI is InChI=1S/C19H20O3/c1-21-15-8-10-19(11-9-15)18(20)16-12-14(5-4-13-2-3-13)6-7-17(16)22-19/h6-7,12-13,15H,2-3,8-11H2,1H3. The molecule has 0 N–H and O–H groups in total. The van der Waals surface area contributed by atoms with Gasteiger partial charge in [-0.15, -0.1) is 0 Å². The second-order valence-corrected chi connectivity index (χ2v) is 6.62. The van der Waals surface area contributed by atoms with Gasteiger partial charge in [0.2, 0.25) is 5.78 Å². The second-order valence-electron chi connectivity index (χ2n) is 6.62. The number of carbonyl (C=O) groups is 1. The lowest BCUT2D eigenvalue weighted by atomic mass is 9.79. The van der Waals surface area contributed by atoms with E-state index in [1.807, 2.05) is 18.2 Å². The molecular weight excluding hydrogens is 276 g/mol. The van der Waals surface area contributed by atoms with E-state index in [1.165, 1.54) is 12.8 Å². The Balaban J connectivity index is 1.58. The van der Waals surface area contributed by atoms with Gasteiger partial charge in [-0.3, -0.25) is 4.79 Å². The van der Waals surface area contributed by atoms with E-state index in [0.29, 0.717) is 11.5 Å². The summed E-state index contributed by atoms with van der Waals surface area (Å²) in [6.45, 7) is 0. The molecule has 0 bridgehead atoms. The molecule has 3 nitrogen and oxygen atoms in total. The first-order chi connectivity index (χ1) is 10.7. The third-order valence-electron chi connectivity index (χ3n) is 5.01. The van der Waals surface area contributed by atoms with Crippen LogP contribution in [0.3, 0.4) is 0 Å². The minimum atomic E-state index is -0.653. The van der Waals surface area contributed by atoms with Crippen LogP contribution in [-0.4, -0.2) is 24.6 Å². The third-order valence-corrected chi connectivity index (χ3v) is 5.01. The first-order valence-electron chi connectivity index (χ1n) is 8.12. The number of ether oxygens (including phenoxy) is 2. The molecule has 1 aliphatic heterocycles. The number of Topliss-reactive ketones (excluding diaryl/α,β-unsaturated/α-hetero) is 1. The molecule has 0 aromatic heterocycles. The Kier molecular flexibility index (Phi) is 3.23. The van der Waals surface area contributed by atoms with Gasteiger partial charge in [0.1, 0.15) is 5.75 Å². The van der Waals surface area contributed by atoms with Gasteiger partial charge in [-0.1, -0.05) is 11.8 Å². The van der Waals surface area contributed by atoms with E-state index >= 15 is 0 Å². The molecular formula is C19H20O3. The lowest BCUT2D eigenvalue weighted by molar-refractivity contribution is -0.00600. The quantitative estimate of drug-likeness (QED) is 0.746. The van der Waals surface area contributed by atoms with E-state index in [-0.39, 0.29) is 11.9 Å². The van der Waals surface area contributed by atoms with Crippen molar-refractivity contribution in [3.05, 3.63) is 29.3 Å². The van der Waals surface area contributed by atoms with E-state index in [1.54, 1.807) is 7.11 Å². The van der Waals surface area contributed by atoms with Gasteiger partial charge in [0, 0.05) is 18.6 Å². The summed E-state index contributed by atoms with van der Waals surface area (Å²) in [5.74, 6) is 7.85. The molecule has 1 heterocycles. The Bertz CT molecular complexity index is 668. The highest BCUT2D eigenvalue weighted by Gasteiger charge is 2.49. The number of hydrogen-bond donors (Lipinski definition) is 0. The fourth-order valence-corrected chi connectivity index (χ4v) is 3.41. The van der Waals surface area contributed by atoms with Crippen molar-refractivity contribution in [2.24, 2.45) is 5.92 Å². The largest absolute Gasteiger partial charge is 0.478 e. The lowest BCUT2D eigenvalue weighted by Crippen LogP contribution is -2.44. The maximum absolute atomic E-state index is 12.9. The predicted octanol–water partition coefficient (Wildman–Crippen LogP) is 3.35. The van der Waals surface area contributed by atoms with E-state index in [4.69, 9.17) is 9.47 Å². The highest BCUT2D eigenvalue weighted by atomic mass is 16.5. The van der Waals surface area contributed by atoms with E-state index in [0.717, 1.165) is 37.0 Å². The van der Waals surface area contributed by atoms with Crippen LogP contribution in [0.5, 0.6) is 5.75 Å². The smallest absolute Gasteiger partial charge is 0.210 e. The van der Waals surface area contributed by atoms with Crippen LogP contribution in [0, 0.1) is 17.8 Å². The van der Waals surface area contributed by atoms with Gasteiger partial charge in [-0.25, -0.2) is 0 Å². The molecule has 0 saturated heterocycles. The molecule has 1 aromatic rings. The Labute approximate surface area is 131 Å². The van der Waals surface area contributed by atoms with Gasteiger partial charge < -0.3 is 9.47 Å². The van der Waals surface area contributed by atoms with Gasteiger partial charge >= 0.3 is 0 Å². The van der Waals surface area contributed by atoms with Gasteiger partial charge in [-0.05, 0) is 56.7 Å². The summed E-state index contributed by atoms with van der Waals surface area (Å²) in [5.41, 5.74) is 0.976. The molecule has 2 aliphatic carbocycles. The molecule has 2 saturated carbocycles. The van der Waals surface area contributed by atoms with Crippen molar-refractivity contribution >= 4 is 5.78 Å². The van der Waals surface area contributed by atoms with Crippen molar-refractivity contribution < 1.29 is 14.3 Å². The van der Waals surface area contributed by atoms with Gasteiger partial charge in [0.15, 0.2) is 5.60 Å². The molecule has 1 aromatic carbocycles. The maximum atomic E-state index is 12.9. The fourth-order valence-electron chi connectivity index (χ4n) is 3.41. The number of carbonyl (C=O) groups excluding carboxylic acids is 1. The van der Waals surface area contributed by atoms with Crippen molar-refractivity contribution in [3.8, 4) is 17.6 Å². The van der Waals surface area contributed by atoms with Crippen LogP contribution >= 0.6 is 0 Å². The molecule has 0 unspecified atom stereocenters. The zero-order chi connectivity index (χ0) is 15.2. The molecule has 114 valence electrons. The first-order valence-corrected chi connectivity index (χ1v) is 8.12. The molecule has 22 heavy (non-hydrogen) atoms. The summed E-state index contributed by atoms with van der Waals surface area (Å²) < 4.78 is 11.5. The molecule has 3 aliphatic rings. The maximum Gasteiger partial charge on any atom is 0.210 e. The molecule has 0 radical (unpaired) electrons. The van der Waals surface area contributed by atoms with E-state index in [2.05, 4.69) is 11.8 Å². The van der Waals surface area contributed by atoms with Crippen LogP contribution in [0.25, 0.3) is 0 Å². The predicted molar refractivity (Wildman–Crippen MR) is 83.0 cm³/mol. The van der Waals surface area contributed by atoms with Crippen molar-refractivity contribution in [2.45, 2.75) is 50.2 Å². The van der Waals surface area contributed by atoms with E-state index in [9.17, 15) is 4.79 Å². The molecule has 2 fully saturated rings. The fraction of sp³-hybridized carbons (Fsp3) is 0.526. The number of ketones is 1. The van der Waals surface area contributed by atoms with Crippen LogP contribution < -0.4 is 4.74 Å². The summed E-state index contributed by atoms with van der Waals surface area (Å²) in [6.07, 6.45) is 5.91. The molecule has 1 spiro atoms. The number of rotatable bonds is 1. The summed E-state index contributed by atoms with van der Waals surface area (Å²) in [6, 6.07) is 5.77. The zero-order valence-corrected chi connectivity index (χ0v) is 12.9. The lowest BCUT2D eigenvalue weighted by Gasteiger charge is -2.34. The summed E-state index contributed by atoms with van der Waals surface area (Å²) >= 11 is 0. The number of benzene rings is 1. The number of fused-ring (bicyclic) bond motifs is 1. The highest BCUT2D eigenvalue weighted by Crippen LogP contribution is 2.44. The minimum absolute atomic E-state index is 0.132.